The Morgan fingerprint density at radius 2 is 2.06 bits per heavy atom. The number of anilines is 4. The van der Waals surface area contributed by atoms with Gasteiger partial charge in [0.05, 0.1) is 9.88 Å². The van der Waals surface area contributed by atoms with Crippen molar-refractivity contribution in [1.82, 2.24) is 15.3 Å². The fraction of sp³-hybridized carbons (Fsp3) is 0.421. The van der Waals surface area contributed by atoms with Crippen LogP contribution in [-0.4, -0.2) is 64.2 Å². The molecule has 3 rings (SSSR count). The van der Waals surface area contributed by atoms with Gasteiger partial charge < -0.3 is 37.2 Å². The zero-order valence-corrected chi connectivity index (χ0v) is 18.2. The highest BCUT2D eigenvalue weighted by Crippen LogP contribution is 2.36. The van der Waals surface area contributed by atoms with E-state index in [1.54, 1.807) is 12.1 Å². The standard InChI is InChI=1S/C19H25N7O5S/c1-26(7-6-9-8-22-16-14(9)15(20)24-19(21)25-16)12-4-3-11(32-12)17(29)23-10(18(30)31)2-5-13(27)28/h3-4,9-10H,2,5-8H2,1H3,(H,23,29)(H,27,28)(H,30,31)(H5,20,21,22,24,25)/t9?,10-/m0/s1. The van der Waals surface area contributed by atoms with E-state index >= 15 is 0 Å². The van der Waals surface area contributed by atoms with Gasteiger partial charge >= 0.3 is 11.9 Å². The van der Waals surface area contributed by atoms with Gasteiger partial charge in [0.1, 0.15) is 17.7 Å². The summed E-state index contributed by atoms with van der Waals surface area (Å²) in [5, 5.41) is 24.4. The lowest BCUT2D eigenvalue weighted by molar-refractivity contribution is -0.140. The van der Waals surface area contributed by atoms with Gasteiger partial charge in [-0.3, -0.25) is 9.59 Å². The zero-order chi connectivity index (χ0) is 23.4. The molecule has 0 aromatic carbocycles. The van der Waals surface area contributed by atoms with Crippen LogP contribution in [0.4, 0.5) is 22.6 Å². The highest BCUT2D eigenvalue weighted by atomic mass is 32.1. The molecule has 2 atom stereocenters. The molecule has 1 unspecified atom stereocenters. The molecule has 0 saturated heterocycles. The molecule has 1 amide bonds. The molecule has 32 heavy (non-hydrogen) atoms. The molecule has 0 fully saturated rings. The van der Waals surface area contributed by atoms with Crippen LogP contribution in [0.25, 0.3) is 0 Å². The molecule has 172 valence electrons. The smallest absolute Gasteiger partial charge is 0.326 e. The molecule has 0 aliphatic carbocycles. The Bertz CT molecular complexity index is 1030. The molecule has 12 nitrogen and oxygen atoms in total. The normalized spacial score (nSPS) is 15.5. The molecule has 0 radical (unpaired) electrons. The van der Waals surface area contributed by atoms with Crippen molar-refractivity contribution in [3.05, 3.63) is 22.6 Å². The van der Waals surface area contributed by atoms with Gasteiger partial charge in [0.15, 0.2) is 0 Å². The van der Waals surface area contributed by atoms with Gasteiger partial charge in [-0.2, -0.15) is 9.97 Å². The number of hydrogen-bond donors (Lipinski definition) is 6. The van der Waals surface area contributed by atoms with E-state index < -0.39 is 23.9 Å². The van der Waals surface area contributed by atoms with E-state index in [-0.39, 0.29) is 24.7 Å². The van der Waals surface area contributed by atoms with Crippen LogP contribution in [-0.2, 0) is 9.59 Å². The maximum absolute atomic E-state index is 12.4. The number of aliphatic carboxylic acids is 2. The third-order valence-electron chi connectivity index (χ3n) is 5.17. The second-order valence-electron chi connectivity index (χ2n) is 7.45. The zero-order valence-electron chi connectivity index (χ0n) is 17.4. The van der Waals surface area contributed by atoms with E-state index in [0.717, 1.165) is 17.0 Å². The van der Waals surface area contributed by atoms with E-state index in [2.05, 4.69) is 20.6 Å². The first-order valence-corrected chi connectivity index (χ1v) is 10.7. The summed E-state index contributed by atoms with van der Waals surface area (Å²) in [6.45, 7) is 1.35. The summed E-state index contributed by atoms with van der Waals surface area (Å²) < 4.78 is 0. The maximum Gasteiger partial charge on any atom is 0.326 e. The Morgan fingerprint density at radius 1 is 1.31 bits per heavy atom. The number of aromatic nitrogens is 2. The Morgan fingerprint density at radius 3 is 2.75 bits per heavy atom. The van der Waals surface area contributed by atoms with Gasteiger partial charge in [0.2, 0.25) is 5.95 Å². The van der Waals surface area contributed by atoms with Crippen molar-refractivity contribution in [2.75, 3.05) is 41.8 Å². The second-order valence-corrected chi connectivity index (χ2v) is 8.51. The number of thiophene rings is 1. The number of nitrogens with one attached hydrogen (secondary N) is 2. The van der Waals surface area contributed by atoms with E-state index in [4.69, 9.17) is 16.6 Å². The lowest BCUT2D eigenvalue weighted by Crippen LogP contribution is -2.40. The molecule has 8 N–H and O–H groups in total. The number of hydrogen-bond acceptors (Lipinski definition) is 10. The van der Waals surface area contributed by atoms with E-state index in [1.807, 2.05) is 11.9 Å². The SMILES string of the molecule is CN(CCC1CNc2nc(N)nc(N)c21)c1ccc(C(=O)N[C@@H](CCC(=O)O)C(=O)O)s1. The van der Waals surface area contributed by atoms with Crippen LogP contribution < -0.4 is 27.0 Å². The van der Waals surface area contributed by atoms with Gasteiger partial charge in [-0.15, -0.1) is 11.3 Å². The van der Waals surface area contributed by atoms with Crippen molar-refractivity contribution in [1.29, 1.82) is 0 Å². The van der Waals surface area contributed by atoms with Crippen molar-refractivity contribution in [2.45, 2.75) is 31.2 Å². The van der Waals surface area contributed by atoms with Gasteiger partial charge in [0.25, 0.3) is 5.91 Å². The molecule has 0 saturated carbocycles. The number of carbonyl (C=O) groups is 3. The van der Waals surface area contributed by atoms with Gasteiger partial charge in [0, 0.05) is 38.0 Å². The average Bonchev–Trinajstić information content (AvgIpc) is 3.36. The third kappa shape index (κ3) is 5.35. The van der Waals surface area contributed by atoms with Crippen LogP contribution in [0.1, 0.15) is 40.4 Å². The predicted molar refractivity (Wildman–Crippen MR) is 120 cm³/mol. The van der Waals surface area contributed by atoms with Crippen LogP contribution in [0, 0.1) is 0 Å². The molecule has 0 spiro atoms. The number of rotatable bonds is 10. The number of fused-ring (bicyclic) bond motifs is 1. The summed E-state index contributed by atoms with van der Waals surface area (Å²) in [5.74, 6) is -1.66. The summed E-state index contributed by atoms with van der Waals surface area (Å²) in [5.41, 5.74) is 12.5. The summed E-state index contributed by atoms with van der Waals surface area (Å²) in [7, 11) is 1.90. The average molecular weight is 464 g/mol. The Balaban J connectivity index is 1.58. The van der Waals surface area contributed by atoms with E-state index in [1.165, 1.54) is 11.3 Å². The van der Waals surface area contributed by atoms with Gasteiger partial charge in [-0.05, 0) is 25.0 Å². The number of carboxylic acids is 2. The predicted octanol–water partition coefficient (Wildman–Crippen LogP) is 0.786. The van der Waals surface area contributed by atoms with Crippen molar-refractivity contribution < 1.29 is 24.6 Å². The number of carbonyl (C=O) groups excluding carboxylic acids is 1. The minimum atomic E-state index is -1.27. The quantitative estimate of drug-likeness (QED) is 0.291. The summed E-state index contributed by atoms with van der Waals surface area (Å²) in [6, 6.07) is 2.13. The fourth-order valence-corrected chi connectivity index (χ4v) is 4.38. The molecule has 3 heterocycles. The van der Waals surface area contributed by atoms with E-state index in [0.29, 0.717) is 29.6 Å². The lowest BCUT2D eigenvalue weighted by Gasteiger charge is -2.20. The molecular formula is C19H25N7O5S. The number of carboxylic acid groups (broad SMARTS) is 2. The molecule has 2 aromatic heterocycles. The number of nitrogens with two attached hydrogens (primary N) is 2. The van der Waals surface area contributed by atoms with Crippen molar-refractivity contribution in [3.63, 3.8) is 0 Å². The fourth-order valence-electron chi connectivity index (χ4n) is 3.48. The van der Waals surface area contributed by atoms with Gasteiger partial charge in [-0.1, -0.05) is 0 Å². The highest BCUT2D eigenvalue weighted by molar-refractivity contribution is 7.18. The van der Waals surface area contributed by atoms with Crippen molar-refractivity contribution in [2.24, 2.45) is 0 Å². The van der Waals surface area contributed by atoms with Gasteiger partial charge in [-0.25, -0.2) is 4.79 Å². The number of nitrogen functional groups attached to an aromatic ring is 2. The third-order valence-corrected chi connectivity index (χ3v) is 6.37. The Hall–Kier alpha value is -3.61. The minimum Gasteiger partial charge on any atom is -0.481 e. The number of nitrogens with zero attached hydrogens (tertiary/aromatic N) is 3. The summed E-state index contributed by atoms with van der Waals surface area (Å²) in [4.78, 5) is 45.0. The maximum atomic E-state index is 12.4. The first-order chi connectivity index (χ1) is 15.2. The van der Waals surface area contributed by atoms with Crippen molar-refractivity contribution >= 4 is 51.8 Å². The first-order valence-electron chi connectivity index (χ1n) is 9.89. The van der Waals surface area contributed by atoms with Crippen LogP contribution >= 0.6 is 11.3 Å². The monoisotopic (exact) mass is 463 g/mol. The minimum absolute atomic E-state index is 0.126. The van der Waals surface area contributed by atoms with Crippen LogP contribution in [0.5, 0.6) is 0 Å². The summed E-state index contributed by atoms with van der Waals surface area (Å²) in [6.07, 6.45) is 0.227. The second kappa shape index (κ2) is 9.68. The first kappa shape index (κ1) is 23.1. The largest absolute Gasteiger partial charge is 0.481 e. The van der Waals surface area contributed by atoms with Crippen molar-refractivity contribution in [3.8, 4) is 0 Å². The molecule has 1 aliphatic heterocycles. The van der Waals surface area contributed by atoms with Crippen LogP contribution in [0.2, 0.25) is 0 Å². The molecule has 13 heteroatoms. The molecule has 2 aromatic rings. The van der Waals surface area contributed by atoms with Crippen LogP contribution in [0.3, 0.4) is 0 Å². The van der Waals surface area contributed by atoms with Crippen LogP contribution in [0.15, 0.2) is 12.1 Å². The topological polar surface area (TPSA) is 197 Å². The summed E-state index contributed by atoms with van der Waals surface area (Å²) >= 11 is 1.22. The Kier molecular flexibility index (Phi) is 6.98. The molecule has 0 bridgehead atoms. The molecular weight excluding hydrogens is 438 g/mol. The Labute approximate surface area is 187 Å². The molecule has 1 aliphatic rings. The highest BCUT2D eigenvalue weighted by Gasteiger charge is 2.28. The number of amides is 1. The van der Waals surface area contributed by atoms with E-state index in [9.17, 15) is 19.5 Å². The lowest BCUT2D eigenvalue weighted by atomic mass is 9.99.